The molecule has 0 aromatic heterocycles. The minimum atomic E-state index is -4.12. The number of anilines is 2. The van der Waals surface area contributed by atoms with Crippen LogP contribution < -0.4 is 11.1 Å². The molecule has 1 aromatic rings. The highest BCUT2D eigenvalue weighted by molar-refractivity contribution is 6.33. The van der Waals surface area contributed by atoms with Gasteiger partial charge in [0.15, 0.2) is 0 Å². The molecule has 0 unspecified atom stereocenters. The van der Waals surface area contributed by atoms with E-state index in [1.165, 1.54) is 18.2 Å². The molecule has 0 aliphatic carbocycles. The quantitative estimate of drug-likeness (QED) is 0.641. The molecule has 0 amide bonds. The first-order chi connectivity index (χ1) is 7.34. The Hall–Kier alpha value is -1.17. The van der Waals surface area contributed by atoms with Crippen molar-refractivity contribution in [3.05, 3.63) is 23.2 Å². The molecule has 0 spiro atoms. The average molecular weight is 257 g/mol. The van der Waals surface area contributed by atoms with E-state index in [-0.39, 0.29) is 16.4 Å². The Bertz CT molecular complexity index is 350. The van der Waals surface area contributed by atoms with Crippen molar-refractivity contribution in [2.45, 2.75) is 12.3 Å². The van der Waals surface area contributed by atoms with Crippen molar-refractivity contribution in [1.82, 2.24) is 0 Å². The van der Waals surface area contributed by atoms with Gasteiger partial charge in [0.2, 0.25) is 0 Å². The first-order valence-corrected chi connectivity index (χ1v) is 4.66. The summed E-state index contributed by atoms with van der Waals surface area (Å²) < 4.78 is 48.9. The number of hydrogen-bond donors (Lipinski definition) is 2. The highest BCUT2D eigenvalue weighted by Crippen LogP contribution is 2.30. The summed E-state index contributed by atoms with van der Waals surface area (Å²) in [5, 5.41) is 2.22. The minimum absolute atomic E-state index is 0.0319. The SMILES string of the molecule is Nc1cccc(Cl)c1NCC(F)(F)C(F)F. The van der Waals surface area contributed by atoms with Crippen LogP contribution in [-0.2, 0) is 0 Å². The van der Waals surface area contributed by atoms with Crippen LogP contribution >= 0.6 is 11.6 Å². The molecule has 3 N–H and O–H groups in total. The predicted octanol–water partition coefficient (Wildman–Crippen LogP) is 3.23. The molecule has 0 radical (unpaired) electrons. The van der Waals surface area contributed by atoms with Crippen molar-refractivity contribution in [2.75, 3.05) is 17.6 Å². The van der Waals surface area contributed by atoms with Crippen molar-refractivity contribution in [3.63, 3.8) is 0 Å². The molecule has 90 valence electrons. The molecule has 1 rings (SSSR count). The lowest BCUT2D eigenvalue weighted by Gasteiger charge is -2.18. The lowest BCUT2D eigenvalue weighted by atomic mass is 10.2. The Morgan fingerprint density at radius 3 is 2.50 bits per heavy atom. The van der Waals surface area contributed by atoms with E-state index in [9.17, 15) is 17.6 Å². The van der Waals surface area contributed by atoms with Crippen LogP contribution in [0.15, 0.2) is 18.2 Å². The Morgan fingerprint density at radius 2 is 2.00 bits per heavy atom. The fourth-order valence-corrected chi connectivity index (χ4v) is 1.26. The molecule has 16 heavy (non-hydrogen) atoms. The van der Waals surface area contributed by atoms with Gasteiger partial charge in [0, 0.05) is 0 Å². The fourth-order valence-electron chi connectivity index (χ4n) is 1.01. The van der Waals surface area contributed by atoms with E-state index in [1.807, 2.05) is 0 Å². The molecular weight excluding hydrogens is 248 g/mol. The molecule has 0 saturated heterocycles. The number of benzene rings is 1. The van der Waals surface area contributed by atoms with E-state index in [2.05, 4.69) is 5.32 Å². The summed E-state index contributed by atoms with van der Waals surface area (Å²) in [6.07, 6.45) is -3.73. The molecule has 0 aliphatic rings. The fraction of sp³-hybridized carbons (Fsp3) is 0.333. The number of rotatable bonds is 4. The highest BCUT2D eigenvalue weighted by Gasteiger charge is 2.40. The van der Waals surface area contributed by atoms with Gasteiger partial charge in [0.1, 0.15) is 0 Å². The third-order valence-corrected chi connectivity index (χ3v) is 2.18. The van der Waals surface area contributed by atoms with E-state index < -0.39 is 18.9 Å². The largest absolute Gasteiger partial charge is 0.397 e. The highest BCUT2D eigenvalue weighted by atomic mass is 35.5. The molecule has 1 aromatic carbocycles. The first kappa shape index (κ1) is 12.9. The molecular formula is C9H9ClF4N2. The summed E-state index contributed by atoms with van der Waals surface area (Å²) in [5.41, 5.74) is 5.60. The van der Waals surface area contributed by atoms with Gasteiger partial charge in [-0.3, -0.25) is 0 Å². The van der Waals surface area contributed by atoms with Crippen LogP contribution in [-0.4, -0.2) is 18.9 Å². The standard InChI is InChI=1S/C9H9ClF4N2/c10-5-2-1-3-6(15)7(5)16-4-9(13,14)8(11)12/h1-3,8,16H,4,15H2. The molecule has 0 bridgehead atoms. The number of alkyl halides is 4. The van der Waals surface area contributed by atoms with Crippen LogP contribution in [0.1, 0.15) is 0 Å². The monoisotopic (exact) mass is 256 g/mol. The normalized spacial score (nSPS) is 11.9. The number of hydrogen-bond acceptors (Lipinski definition) is 2. The van der Waals surface area contributed by atoms with Gasteiger partial charge >= 0.3 is 12.3 Å². The van der Waals surface area contributed by atoms with E-state index in [4.69, 9.17) is 17.3 Å². The van der Waals surface area contributed by atoms with E-state index in [1.54, 1.807) is 0 Å². The lowest BCUT2D eigenvalue weighted by Crippen LogP contribution is -2.35. The Balaban J connectivity index is 2.75. The van der Waals surface area contributed by atoms with Gasteiger partial charge in [-0.25, -0.2) is 8.78 Å². The minimum Gasteiger partial charge on any atom is -0.397 e. The van der Waals surface area contributed by atoms with Gasteiger partial charge in [0.05, 0.1) is 22.9 Å². The van der Waals surface area contributed by atoms with E-state index >= 15 is 0 Å². The molecule has 0 heterocycles. The summed E-state index contributed by atoms with van der Waals surface area (Å²) in [5.74, 6) is -4.12. The zero-order valence-corrected chi connectivity index (χ0v) is 8.74. The zero-order valence-electron chi connectivity index (χ0n) is 7.98. The van der Waals surface area contributed by atoms with Crippen LogP contribution in [0.25, 0.3) is 0 Å². The maximum absolute atomic E-state index is 12.6. The molecule has 2 nitrogen and oxygen atoms in total. The maximum atomic E-state index is 12.6. The maximum Gasteiger partial charge on any atom is 0.324 e. The summed E-state index contributed by atoms with van der Waals surface area (Å²) in [7, 11) is 0. The molecule has 7 heteroatoms. The van der Waals surface area contributed by atoms with Gasteiger partial charge in [0.25, 0.3) is 0 Å². The Labute approximate surface area is 94.4 Å². The second kappa shape index (κ2) is 4.78. The second-order valence-corrected chi connectivity index (χ2v) is 3.53. The van der Waals surface area contributed by atoms with Crippen molar-refractivity contribution in [1.29, 1.82) is 0 Å². The number of nitrogen functional groups attached to an aromatic ring is 1. The molecule has 0 fully saturated rings. The smallest absolute Gasteiger partial charge is 0.324 e. The summed E-state index contributed by atoms with van der Waals surface area (Å²) in [6, 6.07) is 4.36. The lowest BCUT2D eigenvalue weighted by molar-refractivity contribution is -0.117. The average Bonchev–Trinajstić information content (AvgIpc) is 2.16. The number of halogens is 5. The third kappa shape index (κ3) is 2.91. The van der Waals surface area contributed by atoms with E-state index in [0.29, 0.717) is 0 Å². The van der Waals surface area contributed by atoms with E-state index in [0.717, 1.165) is 0 Å². The Morgan fingerprint density at radius 1 is 1.38 bits per heavy atom. The van der Waals surface area contributed by atoms with Gasteiger partial charge in [-0.2, -0.15) is 8.78 Å². The molecule has 0 aliphatic heterocycles. The van der Waals surface area contributed by atoms with Crippen molar-refractivity contribution < 1.29 is 17.6 Å². The summed E-state index contributed by atoms with van der Waals surface area (Å²) >= 11 is 5.66. The summed E-state index contributed by atoms with van der Waals surface area (Å²) in [6.45, 7) is -1.22. The summed E-state index contributed by atoms with van der Waals surface area (Å²) in [4.78, 5) is 0. The van der Waals surface area contributed by atoms with Gasteiger partial charge in [-0.05, 0) is 12.1 Å². The molecule has 0 saturated carbocycles. The second-order valence-electron chi connectivity index (χ2n) is 3.12. The molecule has 0 atom stereocenters. The van der Waals surface area contributed by atoms with Crippen LogP contribution in [0.2, 0.25) is 5.02 Å². The van der Waals surface area contributed by atoms with Gasteiger partial charge < -0.3 is 11.1 Å². The number of para-hydroxylation sites is 1. The zero-order chi connectivity index (χ0) is 12.3. The van der Waals surface area contributed by atoms with Crippen molar-refractivity contribution in [3.8, 4) is 0 Å². The first-order valence-electron chi connectivity index (χ1n) is 4.28. The van der Waals surface area contributed by atoms with Crippen molar-refractivity contribution >= 4 is 23.0 Å². The number of nitrogens with two attached hydrogens (primary N) is 1. The van der Waals surface area contributed by atoms with Gasteiger partial charge in [-0.15, -0.1) is 0 Å². The van der Waals surface area contributed by atoms with Crippen LogP contribution in [0.5, 0.6) is 0 Å². The Kier molecular flexibility index (Phi) is 3.85. The predicted molar refractivity (Wildman–Crippen MR) is 55.3 cm³/mol. The van der Waals surface area contributed by atoms with Crippen molar-refractivity contribution in [2.24, 2.45) is 0 Å². The number of nitrogens with one attached hydrogen (secondary N) is 1. The van der Waals surface area contributed by atoms with Crippen LogP contribution in [0.3, 0.4) is 0 Å². The van der Waals surface area contributed by atoms with Crippen LogP contribution in [0.4, 0.5) is 28.9 Å². The van der Waals surface area contributed by atoms with Gasteiger partial charge in [-0.1, -0.05) is 17.7 Å². The third-order valence-electron chi connectivity index (χ3n) is 1.87. The van der Waals surface area contributed by atoms with Crippen LogP contribution in [0, 0.1) is 0 Å². The topological polar surface area (TPSA) is 38.0 Å².